The predicted octanol–water partition coefficient (Wildman–Crippen LogP) is 6.56. The van der Waals surface area contributed by atoms with Crippen LogP contribution in [-0.4, -0.2) is 7.11 Å². The predicted molar refractivity (Wildman–Crippen MR) is 120 cm³/mol. The molecule has 1 atom stereocenters. The van der Waals surface area contributed by atoms with Crippen LogP contribution < -0.4 is 14.8 Å². The SMILES string of the molecule is CCCC(NCc1ccc(OCc2cccc(Cl)c2)c(OC)c1)c1ccccc1. The van der Waals surface area contributed by atoms with Crippen molar-refractivity contribution < 1.29 is 9.47 Å². The normalized spacial score (nSPS) is 11.8. The summed E-state index contributed by atoms with van der Waals surface area (Å²) in [5, 5.41) is 4.38. The molecule has 0 heterocycles. The number of rotatable bonds is 10. The van der Waals surface area contributed by atoms with Crippen LogP contribution in [0.4, 0.5) is 0 Å². The molecule has 0 saturated carbocycles. The zero-order valence-electron chi connectivity index (χ0n) is 17.0. The van der Waals surface area contributed by atoms with Crippen molar-refractivity contribution in [3.05, 3.63) is 94.5 Å². The molecule has 0 aromatic heterocycles. The largest absolute Gasteiger partial charge is 0.493 e. The van der Waals surface area contributed by atoms with E-state index in [2.05, 4.69) is 48.6 Å². The number of hydrogen-bond acceptors (Lipinski definition) is 3. The minimum absolute atomic E-state index is 0.339. The van der Waals surface area contributed by atoms with Gasteiger partial charge in [0.2, 0.25) is 0 Å². The summed E-state index contributed by atoms with van der Waals surface area (Å²) in [6.45, 7) is 3.43. The van der Waals surface area contributed by atoms with Gasteiger partial charge >= 0.3 is 0 Å². The first-order valence-electron chi connectivity index (χ1n) is 10.0. The Morgan fingerprint density at radius 1 is 0.897 bits per heavy atom. The van der Waals surface area contributed by atoms with Gasteiger partial charge in [0, 0.05) is 17.6 Å². The number of ether oxygens (including phenoxy) is 2. The molecule has 0 amide bonds. The molecule has 3 aromatic carbocycles. The fourth-order valence-corrected chi connectivity index (χ4v) is 3.54. The molecule has 1 unspecified atom stereocenters. The Kier molecular flexibility index (Phi) is 7.97. The highest BCUT2D eigenvalue weighted by atomic mass is 35.5. The molecule has 0 spiro atoms. The summed E-state index contributed by atoms with van der Waals surface area (Å²) in [6.07, 6.45) is 2.23. The number of halogens is 1. The molecule has 4 heteroatoms. The van der Waals surface area contributed by atoms with Crippen molar-refractivity contribution >= 4 is 11.6 Å². The Hall–Kier alpha value is -2.49. The van der Waals surface area contributed by atoms with Crippen LogP contribution in [0.2, 0.25) is 5.02 Å². The molecule has 0 saturated heterocycles. The molecule has 152 valence electrons. The van der Waals surface area contributed by atoms with Crippen molar-refractivity contribution in [1.29, 1.82) is 0 Å². The molecule has 3 aromatic rings. The molecule has 0 bridgehead atoms. The van der Waals surface area contributed by atoms with Gasteiger partial charge in [-0.2, -0.15) is 0 Å². The average molecular weight is 410 g/mol. The zero-order valence-corrected chi connectivity index (χ0v) is 17.8. The smallest absolute Gasteiger partial charge is 0.161 e. The topological polar surface area (TPSA) is 30.5 Å². The van der Waals surface area contributed by atoms with Crippen molar-refractivity contribution in [3.63, 3.8) is 0 Å². The van der Waals surface area contributed by atoms with E-state index in [0.29, 0.717) is 17.7 Å². The van der Waals surface area contributed by atoms with Crippen molar-refractivity contribution in [3.8, 4) is 11.5 Å². The fourth-order valence-electron chi connectivity index (χ4n) is 3.33. The van der Waals surface area contributed by atoms with Gasteiger partial charge in [-0.05, 0) is 47.4 Å². The lowest BCUT2D eigenvalue weighted by atomic mass is 10.0. The van der Waals surface area contributed by atoms with Crippen molar-refractivity contribution in [2.24, 2.45) is 0 Å². The summed E-state index contributed by atoms with van der Waals surface area (Å²) in [4.78, 5) is 0. The standard InChI is InChI=1S/C25H28ClNO2/c1-3-8-23(21-10-5-4-6-11-21)27-17-19-13-14-24(25(16-19)28-2)29-18-20-9-7-12-22(26)15-20/h4-7,9-16,23,27H,3,8,17-18H2,1-2H3. The molecular formula is C25H28ClNO2. The second kappa shape index (κ2) is 10.9. The molecule has 0 aliphatic rings. The van der Waals surface area contributed by atoms with Gasteiger partial charge in [-0.25, -0.2) is 0 Å². The molecule has 3 rings (SSSR count). The summed E-state index contributed by atoms with van der Waals surface area (Å²) in [6, 6.07) is 24.7. The van der Waals surface area contributed by atoms with E-state index in [1.54, 1.807) is 7.11 Å². The van der Waals surface area contributed by atoms with Gasteiger partial charge in [0.1, 0.15) is 6.61 Å². The maximum atomic E-state index is 6.05. The van der Waals surface area contributed by atoms with Crippen LogP contribution in [0.3, 0.4) is 0 Å². The Morgan fingerprint density at radius 2 is 1.72 bits per heavy atom. The lowest BCUT2D eigenvalue weighted by Crippen LogP contribution is -2.20. The van der Waals surface area contributed by atoms with Gasteiger partial charge in [-0.1, -0.05) is 73.5 Å². The highest BCUT2D eigenvalue weighted by Crippen LogP contribution is 2.29. The van der Waals surface area contributed by atoms with Crippen LogP contribution in [0.5, 0.6) is 11.5 Å². The summed E-state index contributed by atoms with van der Waals surface area (Å²) in [7, 11) is 1.67. The minimum Gasteiger partial charge on any atom is -0.493 e. The second-order valence-corrected chi connectivity index (χ2v) is 7.47. The van der Waals surface area contributed by atoms with Crippen molar-refractivity contribution in [1.82, 2.24) is 5.32 Å². The molecule has 0 aliphatic heterocycles. The van der Waals surface area contributed by atoms with Gasteiger partial charge in [0.05, 0.1) is 7.11 Å². The van der Waals surface area contributed by atoms with E-state index in [4.69, 9.17) is 21.1 Å². The third kappa shape index (κ3) is 6.25. The first-order chi connectivity index (χ1) is 14.2. The Morgan fingerprint density at radius 3 is 2.45 bits per heavy atom. The van der Waals surface area contributed by atoms with Crippen LogP contribution in [0.25, 0.3) is 0 Å². The van der Waals surface area contributed by atoms with E-state index in [9.17, 15) is 0 Å². The molecule has 0 radical (unpaired) electrons. The van der Waals surface area contributed by atoms with Crippen LogP contribution in [0.15, 0.2) is 72.8 Å². The lowest BCUT2D eigenvalue weighted by molar-refractivity contribution is 0.284. The second-order valence-electron chi connectivity index (χ2n) is 7.04. The van der Waals surface area contributed by atoms with E-state index in [1.807, 2.05) is 36.4 Å². The van der Waals surface area contributed by atoms with E-state index in [0.717, 1.165) is 42.0 Å². The fraction of sp³-hybridized carbons (Fsp3) is 0.280. The third-order valence-electron chi connectivity index (χ3n) is 4.84. The Bertz CT molecular complexity index is 898. The van der Waals surface area contributed by atoms with Gasteiger partial charge in [0.25, 0.3) is 0 Å². The van der Waals surface area contributed by atoms with Crippen LogP contribution >= 0.6 is 11.6 Å². The molecule has 1 N–H and O–H groups in total. The van der Waals surface area contributed by atoms with E-state index in [-0.39, 0.29) is 0 Å². The van der Waals surface area contributed by atoms with Crippen molar-refractivity contribution in [2.75, 3.05) is 7.11 Å². The van der Waals surface area contributed by atoms with Gasteiger partial charge in [-0.15, -0.1) is 0 Å². The molecule has 0 fully saturated rings. The van der Waals surface area contributed by atoms with E-state index >= 15 is 0 Å². The van der Waals surface area contributed by atoms with Crippen LogP contribution in [0, 0.1) is 0 Å². The Labute approximate surface area is 178 Å². The first-order valence-corrected chi connectivity index (χ1v) is 10.4. The third-order valence-corrected chi connectivity index (χ3v) is 5.08. The molecule has 29 heavy (non-hydrogen) atoms. The highest BCUT2D eigenvalue weighted by Gasteiger charge is 2.11. The summed E-state index contributed by atoms with van der Waals surface area (Å²) >= 11 is 6.05. The van der Waals surface area contributed by atoms with Crippen LogP contribution in [-0.2, 0) is 13.2 Å². The lowest BCUT2D eigenvalue weighted by Gasteiger charge is -2.19. The monoisotopic (exact) mass is 409 g/mol. The van der Waals surface area contributed by atoms with Gasteiger partial charge in [-0.3, -0.25) is 0 Å². The van der Waals surface area contributed by atoms with Gasteiger partial charge < -0.3 is 14.8 Å². The summed E-state index contributed by atoms with van der Waals surface area (Å²) in [5.74, 6) is 1.46. The number of nitrogens with one attached hydrogen (secondary N) is 1. The first kappa shape index (κ1) is 21.2. The summed E-state index contributed by atoms with van der Waals surface area (Å²) in [5.41, 5.74) is 3.51. The highest BCUT2D eigenvalue weighted by molar-refractivity contribution is 6.30. The van der Waals surface area contributed by atoms with Crippen LogP contribution in [0.1, 0.15) is 42.5 Å². The van der Waals surface area contributed by atoms with Gasteiger partial charge in [0.15, 0.2) is 11.5 Å². The average Bonchev–Trinajstić information content (AvgIpc) is 2.76. The zero-order chi connectivity index (χ0) is 20.5. The number of methoxy groups -OCH3 is 1. The molecule has 0 aliphatic carbocycles. The number of benzene rings is 3. The molecular weight excluding hydrogens is 382 g/mol. The van der Waals surface area contributed by atoms with E-state index < -0.39 is 0 Å². The maximum absolute atomic E-state index is 6.05. The van der Waals surface area contributed by atoms with Crippen molar-refractivity contribution in [2.45, 2.75) is 39.0 Å². The molecule has 3 nitrogen and oxygen atoms in total. The number of hydrogen-bond donors (Lipinski definition) is 1. The van der Waals surface area contributed by atoms with E-state index in [1.165, 1.54) is 5.56 Å². The quantitative estimate of drug-likeness (QED) is 0.411. The minimum atomic E-state index is 0.339. The Balaban J connectivity index is 1.64. The summed E-state index contributed by atoms with van der Waals surface area (Å²) < 4.78 is 11.5. The maximum Gasteiger partial charge on any atom is 0.161 e.